The zero-order chi connectivity index (χ0) is 19.8. The molecule has 0 aliphatic carbocycles. The van der Waals surface area contributed by atoms with Gasteiger partial charge in [-0.1, -0.05) is 23.2 Å². The highest BCUT2D eigenvalue weighted by atomic mass is 35.5. The molecule has 3 aromatic rings. The molecule has 0 saturated heterocycles. The Morgan fingerprint density at radius 1 is 1.11 bits per heavy atom. The van der Waals surface area contributed by atoms with E-state index < -0.39 is 0 Å². The molecule has 28 heavy (non-hydrogen) atoms. The molecule has 6 nitrogen and oxygen atoms in total. The molecule has 142 valence electrons. The average Bonchev–Trinajstić information content (AvgIpc) is 3.29. The maximum absolute atomic E-state index is 12.8. The van der Waals surface area contributed by atoms with Gasteiger partial charge in [-0.3, -0.25) is 14.3 Å². The van der Waals surface area contributed by atoms with Crippen LogP contribution in [0.2, 0.25) is 10.0 Å². The number of hydrogen-bond donors (Lipinski definition) is 1. The highest BCUT2D eigenvalue weighted by Gasteiger charge is 2.27. The van der Waals surface area contributed by atoms with Crippen molar-refractivity contribution in [2.45, 2.75) is 6.42 Å². The van der Waals surface area contributed by atoms with E-state index in [4.69, 9.17) is 23.2 Å². The van der Waals surface area contributed by atoms with E-state index in [1.54, 1.807) is 47.1 Å². The topological polar surface area (TPSA) is 67.2 Å². The summed E-state index contributed by atoms with van der Waals surface area (Å²) in [6, 6.07) is 11.9. The van der Waals surface area contributed by atoms with Gasteiger partial charge in [-0.05, 0) is 54.4 Å². The first-order valence-corrected chi connectivity index (χ1v) is 9.39. The maximum Gasteiger partial charge on any atom is 0.276 e. The van der Waals surface area contributed by atoms with Crippen LogP contribution < -0.4 is 10.2 Å². The molecule has 1 aliphatic rings. The Kier molecular flexibility index (Phi) is 4.83. The summed E-state index contributed by atoms with van der Waals surface area (Å²) < 4.78 is 1.56. The summed E-state index contributed by atoms with van der Waals surface area (Å²) in [5.74, 6) is -0.436. The lowest BCUT2D eigenvalue weighted by molar-refractivity contribution is 0.0979. The van der Waals surface area contributed by atoms with E-state index in [0.717, 1.165) is 11.3 Å². The van der Waals surface area contributed by atoms with E-state index in [2.05, 4.69) is 10.4 Å². The number of fused-ring (bicyclic) bond motifs is 1. The summed E-state index contributed by atoms with van der Waals surface area (Å²) >= 11 is 12.1. The second kappa shape index (κ2) is 7.30. The highest BCUT2D eigenvalue weighted by Crippen LogP contribution is 2.32. The molecular formula is C20H16Cl2N4O2. The van der Waals surface area contributed by atoms with Crippen LogP contribution in [0.25, 0.3) is 0 Å². The standard InChI is InChI=1S/C20H16Cl2N4O2/c1-25-18(6-8-23-25)20(28)26-9-7-12-10-14(3-5-17(12)26)24-19(27)15-11-13(21)2-4-16(15)22/h2-6,8,10-11H,7,9H2,1H3,(H,24,27). The quantitative estimate of drug-likeness (QED) is 0.698. The van der Waals surface area contributed by atoms with Crippen LogP contribution >= 0.6 is 23.2 Å². The first-order valence-electron chi connectivity index (χ1n) is 8.63. The first kappa shape index (κ1) is 18.5. The van der Waals surface area contributed by atoms with Gasteiger partial charge in [0.25, 0.3) is 11.8 Å². The largest absolute Gasteiger partial charge is 0.322 e. The maximum atomic E-state index is 12.8. The molecule has 0 atom stereocenters. The lowest BCUT2D eigenvalue weighted by Crippen LogP contribution is -2.30. The summed E-state index contributed by atoms with van der Waals surface area (Å²) in [4.78, 5) is 27.0. The molecule has 1 aromatic heterocycles. The van der Waals surface area contributed by atoms with E-state index in [1.807, 2.05) is 12.1 Å². The second-order valence-electron chi connectivity index (χ2n) is 6.47. The first-order chi connectivity index (χ1) is 13.4. The molecule has 1 aliphatic heterocycles. The van der Waals surface area contributed by atoms with Crippen molar-refractivity contribution in [3.63, 3.8) is 0 Å². The van der Waals surface area contributed by atoms with Gasteiger partial charge in [-0.25, -0.2) is 0 Å². The fourth-order valence-electron chi connectivity index (χ4n) is 3.28. The zero-order valence-electron chi connectivity index (χ0n) is 14.9. The van der Waals surface area contributed by atoms with Crippen molar-refractivity contribution in [3.05, 3.63) is 75.5 Å². The number of benzene rings is 2. The fourth-order valence-corrected chi connectivity index (χ4v) is 3.66. The molecule has 0 fully saturated rings. The van der Waals surface area contributed by atoms with Crippen LogP contribution in [0.1, 0.15) is 26.4 Å². The van der Waals surface area contributed by atoms with Crippen LogP contribution in [0.4, 0.5) is 11.4 Å². The molecule has 2 amide bonds. The monoisotopic (exact) mass is 414 g/mol. The Morgan fingerprint density at radius 3 is 2.68 bits per heavy atom. The van der Waals surface area contributed by atoms with Crippen molar-refractivity contribution >= 4 is 46.4 Å². The van der Waals surface area contributed by atoms with Crippen LogP contribution in [0.5, 0.6) is 0 Å². The third kappa shape index (κ3) is 3.37. The predicted octanol–water partition coefficient (Wildman–Crippen LogP) is 4.18. The SMILES string of the molecule is Cn1nccc1C(=O)N1CCc2cc(NC(=O)c3cc(Cl)ccc3Cl)ccc21. The predicted molar refractivity (Wildman–Crippen MR) is 109 cm³/mol. The second-order valence-corrected chi connectivity index (χ2v) is 7.31. The summed E-state index contributed by atoms with van der Waals surface area (Å²) in [5, 5.41) is 7.66. The molecule has 1 N–H and O–H groups in total. The Morgan fingerprint density at radius 2 is 1.93 bits per heavy atom. The number of halogens is 2. The number of hydrogen-bond acceptors (Lipinski definition) is 3. The minimum atomic E-state index is -0.340. The minimum absolute atomic E-state index is 0.0961. The number of carbonyl (C=O) groups is 2. The molecule has 0 bridgehead atoms. The van der Waals surface area contributed by atoms with Crippen LogP contribution in [-0.2, 0) is 13.5 Å². The van der Waals surface area contributed by atoms with Gasteiger partial charge in [-0.15, -0.1) is 0 Å². The fraction of sp³-hybridized carbons (Fsp3) is 0.150. The number of nitrogens with zero attached hydrogens (tertiary/aromatic N) is 3. The van der Waals surface area contributed by atoms with Gasteiger partial charge in [0, 0.05) is 36.2 Å². The van der Waals surface area contributed by atoms with Crippen molar-refractivity contribution in [1.29, 1.82) is 0 Å². The van der Waals surface area contributed by atoms with Gasteiger partial charge in [-0.2, -0.15) is 5.10 Å². The van der Waals surface area contributed by atoms with Crippen LogP contribution in [0.15, 0.2) is 48.7 Å². The number of amides is 2. The zero-order valence-corrected chi connectivity index (χ0v) is 16.5. The van der Waals surface area contributed by atoms with Crippen LogP contribution in [0, 0.1) is 0 Å². The Balaban J connectivity index is 1.55. The number of nitrogens with one attached hydrogen (secondary N) is 1. The van der Waals surface area contributed by atoms with Crippen molar-refractivity contribution in [2.75, 3.05) is 16.8 Å². The molecule has 0 saturated carbocycles. The molecular weight excluding hydrogens is 399 g/mol. The third-order valence-electron chi connectivity index (χ3n) is 4.69. The average molecular weight is 415 g/mol. The summed E-state index contributed by atoms with van der Waals surface area (Å²) in [6.07, 6.45) is 2.31. The van der Waals surface area contributed by atoms with Gasteiger partial charge >= 0.3 is 0 Å². The van der Waals surface area contributed by atoms with Gasteiger partial charge in [0.15, 0.2) is 0 Å². The van der Waals surface area contributed by atoms with E-state index >= 15 is 0 Å². The number of anilines is 2. The Bertz CT molecular complexity index is 1090. The van der Waals surface area contributed by atoms with E-state index in [9.17, 15) is 9.59 Å². The van der Waals surface area contributed by atoms with Crippen molar-refractivity contribution in [2.24, 2.45) is 7.05 Å². The number of rotatable bonds is 3. The smallest absolute Gasteiger partial charge is 0.276 e. The molecule has 2 aromatic carbocycles. The van der Waals surface area contributed by atoms with Crippen molar-refractivity contribution < 1.29 is 9.59 Å². The molecule has 2 heterocycles. The van der Waals surface area contributed by atoms with Crippen molar-refractivity contribution in [1.82, 2.24) is 9.78 Å². The summed E-state index contributed by atoms with van der Waals surface area (Å²) in [7, 11) is 1.74. The minimum Gasteiger partial charge on any atom is -0.322 e. The molecule has 4 rings (SSSR count). The van der Waals surface area contributed by atoms with Crippen LogP contribution in [0.3, 0.4) is 0 Å². The number of aryl methyl sites for hydroxylation is 1. The van der Waals surface area contributed by atoms with E-state index in [1.165, 1.54) is 6.07 Å². The van der Waals surface area contributed by atoms with E-state index in [0.29, 0.717) is 40.0 Å². The molecule has 0 radical (unpaired) electrons. The molecule has 8 heteroatoms. The van der Waals surface area contributed by atoms with E-state index in [-0.39, 0.29) is 11.8 Å². The van der Waals surface area contributed by atoms with Crippen LogP contribution in [-0.4, -0.2) is 28.1 Å². The number of aromatic nitrogens is 2. The Hall–Kier alpha value is -2.83. The van der Waals surface area contributed by atoms with Gasteiger partial charge < -0.3 is 10.2 Å². The van der Waals surface area contributed by atoms with Gasteiger partial charge in [0.2, 0.25) is 0 Å². The van der Waals surface area contributed by atoms with Gasteiger partial charge in [0.05, 0.1) is 10.6 Å². The summed E-state index contributed by atoms with van der Waals surface area (Å²) in [6.45, 7) is 0.580. The normalized spacial score (nSPS) is 12.8. The van der Waals surface area contributed by atoms with Gasteiger partial charge in [0.1, 0.15) is 5.69 Å². The van der Waals surface area contributed by atoms with Crippen molar-refractivity contribution in [3.8, 4) is 0 Å². The number of carbonyl (C=O) groups excluding carboxylic acids is 2. The third-order valence-corrected chi connectivity index (χ3v) is 5.26. The molecule has 0 spiro atoms. The molecule has 0 unspecified atom stereocenters. The highest BCUT2D eigenvalue weighted by molar-refractivity contribution is 6.36. The summed E-state index contributed by atoms with van der Waals surface area (Å²) in [5.41, 5.74) is 3.30. The lowest BCUT2D eigenvalue weighted by Gasteiger charge is -2.17. The lowest BCUT2D eigenvalue weighted by atomic mass is 10.1. The Labute approximate surface area is 171 Å².